The van der Waals surface area contributed by atoms with E-state index in [9.17, 15) is 0 Å². The second kappa shape index (κ2) is 5.37. The van der Waals surface area contributed by atoms with Gasteiger partial charge in [-0.3, -0.25) is 0 Å². The van der Waals surface area contributed by atoms with E-state index in [2.05, 4.69) is 38.4 Å². The van der Waals surface area contributed by atoms with Gasteiger partial charge in [-0.25, -0.2) is 4.98 Å². The Balaban J connectivity index is 2.39. The maximum Gasteiger partial charge on any atom is 0.116 e. The van der Waals surface area contributed by atoms with Crippen LogP contribution < -0.4 is 5.32 Å². The van der Waals surface area contributed by atoms with Crippen LogP contribution in [-0.4, -0.2) is 36.4 Å². The molecule has 1 saturated heterocycles. The van der Waals surface area contributed by atoms with E-state index in [0.29, 0.717) is 6.61 Å². The van der Waals surface area contributed by atoms with Crippen molar-refractivity contribution in [3.05, 3.63) is 16.1 Å². The monoisotopic (exact) mass is 298 g/mol. The van der Waals surface area contributed by atoms with E-state index in [0.717, 1.165) is 23.7 Å². The van der Waals surface area contributed by atoms with E-state index in [4.69, 9.17) is 14.5 Å². The Morgan fingerprint density at radius 2 is 2.10 bits per heavy atom. The highest BCUT2D eigenvalue weighted by molar-refractivity contribution is 7.09. The summed E-state index contributed by atoms with van der Waals surface area (Å²) in [5.41, 5.74) is 0.337. The van der Waals surface area contributed by atoms with Crippen molar-refractivity contribution < 1.29 is 9.47 Å². The van der Waals surface area contributed by atoms with Crippen molar-refractivity contribution >= 4 is 11.3 Å². The first-order valence-corrected chi connectivity index (χ1v) is 7.97. The van der Waals surface area contributed by atoms with Crippen LogP contribution in [0.1, 0.15) is 44.8 Å². The minimum absolute atomic E-state index is 0.164. The van der Waals surface area contributed by atoms with Gasteiger partial charge in [0, 0.05) is 31.1 Å². The zero-order valence-electron chi connectivity index (χ0n) is 13.4. The summed E-state index contributed by atoms with van der Waals surface area (Å²) in [6.45, 7) is 12.1. The molecule has 0 aromatic carbocycles. The molecule has 1 fully saturated rings. The van der Waals surface area contributed by atoms with Crippen molar-refractivity contribution in [1.29, 1.82) is 0 Å². The molecular weight excluding hydrogens is 272 g/mol. The molecule has 1 aromatic heterocycles. The van der Waals surface area contributed by atoms with E-state index in [1.807, 2.05) is 6.92 Å². The number of ether oxygens (including phenoxy) is 2. The molecule has 1 atom stereocenters. The number of nitrogens with one attached hydrogen (secondary N) is 1. The van der Waals surface area contributed by atoms with Gasteiger partial charge in [-0.1, -0.05) is 0 Å². The van der Waals surface area contributed by atoms with Crippen molar-refractivity contribution in [3.8, 4) is 0 Å². The predicted octanol–water partition coefficient (Wildman–Crippen LogP) is 2.86. The lowest BCUT2D eigenvalue weighted by atomic mass is 9.79. The summed E-state index contributed by atoms with van der Waals surface area (Å²) in [5, 5.41) is 6.89. The van der Waals surface area contributed by atoms with Gasteiger partial charge >= 0.3 is 0 Å². The van der Waals surface area contributed by atoms with Crippen LogP contribution in [0, 0.1) is 6.92 Å². The van der Waals surface area contributed by atoms with Crippen LogP contribution in [-0.2, 0) is 15.0 Å². The van der Waals surface area contributed by atoms with Crippen LogP contribution in [0.25, 0.3) is 0 Å². The van der Waals surface area contributed by atoms with Crippen LogP contribution in [0.15, 0.2) is 5.38 Å². The number of aryl methyl sites for hydroxylation is 1. The second-order valence-electron chi connectivity index (χ2n) is 6.67. The van der Waals surface area contributed by atoms with E-state index in [1.165, 1.54) is 0 Å². The molecule has 0 aliphatic carbocycles. The van der Waals surface area contributed by atoms with Crippen LogP contribution in [0.2, 0.25) is 0 Å². The highest BCUT2D eigenvalue weighted by atomic mass is 32.1. The molecule has 1 aliphatic rings. The topological polar surface area (TPSA) is 43.4 Å². The van der Waals surface area contributed by atoms with Crippen molar-refractivity contribution in [1.82, 2.24) is 10.3 Å². The molecule has 1 aromatic rings. The van der Waals surface area contributed by atoms with E-state index >= 15 is 0 Å². The van der Waals surface area contributed by atoms with Gasteiger partial charge in [0.15, 0.2) is 0 Å². The number of nitrogens with zero attached hydrogens (tertiary/aromatic N) is 1. The molecule has 0 spiro atoms. The van der Waals surface area contributed by atoms with Crippen LogP contribution in [0.5, 0.6) is 0 Å². The molecule has 0 bridgehead atoms. The number of rotatable bonds is 5. The number of aromatic nitrogens is 1. The summed E-state index contributed by atoms with van der Waals surface area (Å²) < 4.78 is 11.5. The van der Waals surface area contributed by atoms with Crippen LogP contribution in [0.3, 0.4) is 0 Å². The van der Waals surface area contributed by atoms with E-state index in [1.54, 1.807) is 18.4 Å². The molecule has 0 saturated carbocycles. The quantitative estimate of drug-likeness (QED) is 0.849. The molecule has 0 amide bonds. The highest BCUT2D eigenvalue weighted by Gasteiger charge is 2.59. The largest absolute Gasteiger partial charge is 0.383 e. The first-order valence-electron chi connectivity index (χ1n) is 7.09. The fourth-order valence-corrected chi connectivity index (χ4v) is 4.39. The lowest BCUT2D eigenvalue weighted by Crippen LogP contribution is -2.55. The normalized spacial score (nSPS) is 27.9. The van der Waals surface area contributed by atoms with Crippen molar-refractivity contribution in [2.24, 2.45) is 0 Å². The van der Waals surface area contributed by atoms with Gasteiger partial charge in [-0.15, -0.1) is 11.3 Å². The Bertz CT molecular complexity index is 470. The smallest absolute Gasteiger partial charge is 0.116 e. The Morgan fingerprint density at radius 3 is 2.55 bits per heavy atom. The Hall–Kier alpha value is -0.490. The molecule has 0 radical (unpaired) electrons. The van der Waals surface area contributed by atoms with Gasteiger partial charge in [0.1, 0.15) is 10.5 Å². The first-order chi connectivity index (χ1) is 9.22. The minimum atomic E-state index is -0.311. The molecule has 5 heteroatoms. The van der Waals surface area contributed by atoms with Crippen LogP contribution in [0.4, 0.5) is 0 Å². The average Bonchev–Trinajstić information content (AvgIpc) is 2.79. The standard InChI is InChI=1S/C15H26N2O2S/c1-11-9-20-12(17-11)15(16-7-8-18-6)10-13(2,3)19-14(15,4)5/h9,16H,7-8,10H2,1-6H3. The first kappa shape index (κ1) is 15.9. The second-order valence-corrected chi connectivity index (χ2v) is 7.53. The Labute approximate surface area is 125 Å². The summed E-state index contributed by atoms with van der Waals surface area (Å²) in [5.74, 6) is 0. The fraction of sp³-hybridized carbons (Fsp3) is 0.800. The fourth-order valence-electron chi connectivity index (χ4n) is 3.27. The molecule has 114 valence electrons. The summed E-state index contributed by atoms with van der Waals surface area (Å²) in [6, 6.07) is 0. The number of thiazole rings is 1. The molecule has 1 aliphatic heterocycles. The maximum absolute atomic E-state index is 6.31. The van der Waals surface area contributed by atoms with Gasteiger partial charge < -0.3 is 14.8 Å². The SMILES string of the molecule is COCCNC1(c2nc(C)cs2)CC(C)(C)OC1(C)C. The van der Waals surface area contributed by atoms with Crippen molar-refractivity contribution in [2.45, 2.75) is 57.8 Å². The minimum Gasteiger partial charge on any atom is -0.383 e. The van der Waals surface area contributed by atoms with E-state index < -0.39 is 0 Å². The molecule has 20 heavy (non-hydrogen) atoms. The van der Waals surface area contributed by atoms with E-state index in [-0.39, 0.29) is 16.7 Å². The lowest BCUT2D eigenvalue weighted by molar-refractivity contribution is -0.0847. The predicted molar refractivity (Wildman–Crippen MR) is 82.3 cm³/mol. The van der Waals surface area contributed by atoms with Gasteiger partial charge in [-0.2, -0.15) is 0 Å². The van der Waals surface area contributed by atoms with Gasteiger partial charge in [0.2, 0.25) is 0 Å². The summed E-state index contributed by atoms with van der Waals surface area (Å²) in [4.78, 5) is 4.74. The lowest BCUT2D eigenvalue weighted by Gasteiger charge is -2.39. The summed E-state index contributed by atoms with van der Waals surface area (Å²) in [6.07, 6.45) is 0.906. The molecule has 4 nitrogen and oxygen atoms in total. The summed E-state index contributed by atoms with van der Waals surface area (Å²) in [7, 11) is 1.72. The van der Waals surface area contributed by atoms with Crippen molar-refractivity contribution in [2.75, 3.05) is 20.3 Å². The third-order valence-electron chi connectivity index (χ3n) is 3.97. The molecule has 2 rings (SSSR count). The van der Waals surface area contributed by atoms with Gasteiger partial charge in [0.25, 0.3) is 0 Å². The molecular formula is C15H26N2O2S. The van der Waals surface area contributed by atoms with Crippen molar-refractivity contribution in [3.63, 3.8) is 0 Å². The zero-order chi connectivity index (χ0) is 15.0. The molecule has 1 unspecified atom stereocenters. The Morgan fingerprint density at radius 1 is 1.40 bits per heavy atom. The summed E-state index contributed by atoms with van der Waals surface area (Å²) >= 11 is 1.71. The highest BCUT2D eigenvalue weighted by Crippen LogP contribution is 2.51. The third-order valence-corrected chi connectivity index (χ3v) is 5.09. The Kier molecular flexibility index (Phi) is 4.27. The maximum atomic E-state index is 6.31. The third kappa shape index (κ3) is 2.77. The molecule has 1 N–H and O–H groups in total. The average molecular weight is 298 g/mol. The number of methoxy groups -OCH3 is 1. The zero-order valence-corrected chi connectivity index (χ0v) is 14.2. The van der Waals surface area contributed by atoms with Gasteiger partial charge in [0.05, 0.1) is 17.8 Å². The number of hydrogen-bond donors (Lipinski definition) is 1. The number of hydrogen-bond acceptors (Lipinski definition) is 5. The van der Waals surface area contributed by atoms with Crippen LogP contribution >= 0.6 is 11.3 Å². The molecule has 2 heterocycles. The van der Waals surface area contributed by atoms with Gasteiger partial charge in [-0.05, 0) is 34.6 Å².